The second-order valence-electron chi connectivity index (χ2n) is 3.72. The Morgan fingerprint density at radius 1 is 1.17 bits per heavy atom. The van der Waals surface area contributed by atoms with Crippen molar-refractivity contribution in [1.82, 2.24) is 4.98 Å². The molecule has 0 aliphatic rings. The minimum absolute atomic E-state index is 0.222. The zero-order valence-electron chi connectivity index (χ0n) is 8.75. The number of para-hydroxylation sites is 1. The highest BCUT2D eigenvalue weighted by Gasteiger charge is 2.55. The van der Waals surface area contributed by atoms with E-state index in [1.165, 1.54) is 0 Å². The molecule has 7 heteroatoms. The van der Waals surface area contributed by atoms with Gasteiger partial charge in [-0.25, -0.2) is 4.79 Å². The van der Waals surface area contributed by atoms with E-state index in [1.54, 1.807) is 12.1 Å². The van der Waals surface area contributed by atoms with E-state index in [0.29, 0.717) is 0 Å². The second kappa shape index (κ2) is 4.49. The summed E-state index contributed by atoms with van der Waals surface area (Å²) in [5.74, 6) is -1.52. The van der Waals surface area contributed by atoms with Crippen LogP contribution in [0, 0.1) is 0 Å². The minimum Gasteiger partial charge on any atom is -0.479 e. The number of carboxylic acid groups (broad SMARTS) is 1. The maximum atomic E-state index is 11.0. The van der Waals surface area contributed by atoms with Gasteiger partial charge in [0.2, 0.25) is 4.33 Å². The van der Waals surface area contributed by atoms with Crippen molar-refractivity contribution in [1.29, 1.82) is 0 Å². The summed E-state index contributed by atoms with van der Waals surface area (Å²) >= 11 is 23.4. The fourth-order valence-corrected chi connectivity index (χ4v) is 2.11. The SMILES string of the molecule is O=C(O)C(Cl)(Cl)C(Cl)(Cl)c1cc2ccccc2[nH]1. The molecule has 0 amide bonds. The number of halogens is 4. The third-order valence-corrected chi connectivity index (χ3v) is 4.78. The summed E-state index contributed by atoms with van der Waals surface area (Å²) in [4.78, 5) is 13.9. The number of fused-ring (bicyclic) bond motifs is 1. The average molecular weight is 327 g/mol. The third-order valence-electron chi connectivity index (χ3n) is 2.53. The van der Waals surface area contributed by atoms with E-state index in [0.717, 1.165) is 10.9 Å². The highest BCUT2D eigenvalue weighted by Crippen LogP contribution is 2.50. The summed E-state index contributed by atoms with van der Waals surface area (Å²) in [6.45, 7) is 0. The third kappa shape index (κ3) is 2.05. The number of nitrogens with one attached hydrogen (secondary N) is 1. The summed E-state index contributed by atoms with van der Waals surface area (Å²) in [6, 6.07) is 8.88. The molecule has 0 fully saturated rings. The number of carboxylic acids is 1. The topological polar surface area (TPSA) is 53.1 Å². The van der Waals surface area contributed by atoms with Crippen LogP contribution in [0.4, 0.5) is 0 Å². The molecule has 3 nitrogen and oxygen atoms in total. The van der Waals surface area contributed by atoms with E-state index in [-0.39, 0.29) is 5.69 Å². The fraction of sp³-hybridized carbons (Fsp3) is 0.182. The van der Waals surface area contributed by atoms with Crippen LogP contribution in [-0.2, 0) is 9.13 Å². The van der Waals surface area contributed by atoms with Crippen LogP contribution in [0.1, 0.15) is 5.69 Å². The van der Waals surface area contributed by atoms with E-state index in [9.17, 15) is 4.79 Å². The van der Waals surface area contributed by atoms with Crippen LogP contribution in [0.15, 0.2) is 30.3 Å². The van der Waals surface area contributed by atoms with Gasteiger partial charge in [0.05, 0.1) is 5.69 Å². The number of hydrogen-bond donors (Lipinski definition) is 2. The lowest BCUT2D eigenvalue weighted by atomic mass is 10.2. The van der Waals surface area contributed by atoms with E-state index >= 15 is 0 Å². The Morgan fingerprint density at radius 3 is 2.33 bits per heavy atom. The van der Waals surface area contributed by atoms with Crippen LogP contribution in [-0.4, -0.2) is 20.4 Å². The van der Waals surface area contributed by atoms with Gasteiger partial charge in [0, 0.05) is 5.52 Å². The predicted octanol–water partition coefficient (Wildman–Crippen LogP) is 4.06. The van der Waals surface area contributed by atoms with E-state index in [4.69, 9.17) is 51.5 Å². The zero-order chi connectivity index (χ0) is 13.6. The molecule has 0 aliphatic carbocycles. The molecule has 2 N–H and O–H groups in total. The van der Waals surface area contributed by atoms with Gasteiger partial charge in [-0.05, 0) is 17.5 Å². The number of hydrogen-bond acceptors (Lipinski definition) is 1. The fourth-order valence-electron chi connectivity index (χ4n) is 1.55. The molecule has 0 aliphatic heterocycles. The minimum atomic E-state index is -2.36. The van der Waals surface area contributed by atoms with Crippen molar-refractivity contribution in [2.24, 2.45) is 0 Å². The standard InChI is InChI=1S/C11H7Cl4NO2/c12-10(13,11(14,15)9(17)18)8-5-6-3-1-2-4-7(6)16-8/h1-5,16H,(H,17,18). The van der Waals surface area contributed by atoms with Gasteiger partial charge in [-0.3, -0.25) is 0 Å². The van der Waals surface area contributed by atoms with Crippen molar-refractivity contribution in [2.45, 2.75) is 8.67 Å². The summed E-state index contributed by atoms with van der Waals surface area (Å²) in [6.07, 6.45) is 0. The first kappa shape index (κ1) is 13.8. The van der Waals surface area contributed by atoms with E-state index < -0.39 is 14.6 Å². The molecule has 1 heterocycles. The van der Waals surface area contributed by atoms with Crippen LogP contribution in [0.25, 0.3) is 10.9 Å². The van der Waals surface area contributed by atoms with Crippen LogP contribution < -0.4 is 0 Å². The van der Waals surface area contributed by atoms with Crippen LogP contribution >= 0.6 is 46.4 Å². The number of H-pyrrole nitrogens is 1. The quantitative estimate of drug-likeness (QED) is 0.836. The first-order valence-electron chi connectivity index (χ1n) is 4.84. The number of aromatic nitrogens is 1. The molecule has 0 bridgehead atoms. The maximum absolute atomic E-state index is 11.0. The molecule has 2 aromatic rings. The Kier molecular flexibility index (Phi) is 3.45. The van der Waals surface area contributed by atoms with Gasteiger partial charge in [-0.15, -0.1) is 0 Å². The number of carbonyl (C=O) groups is 1. The van der Waals surface area contributed by atoms with Crippen molar-refractivity contribution in [2.75, 3.05) is 0 Å². The Bertz CT molecular complexity index is 573. The van der Waals surface area contributed by atoms with Gasteiger partial charge in [0.15, 0.2) is 0 Å². The van der Waals surface area contributed by atoms with Crippen molar-refractivity contribution in [3.05, 3.63) is 36.0 Å². The van der Waals surface area contributed by atoms with Gasteiger partial charge in [-0.1, -0.05) is 64.6 Å². The molecule has 0 saturated carbocycles. The number of aromatic amines is 1. The number of benzene rings is 1. The lowest BCUT2D eigenvalue weighted by Crippen LogP contribution is -2.41. The molecule has 0 spiro atoms. The molecular formula is C11H7Cl4NO2. The van der Waals surface area contributed by atoms with Crippen LogP contribution in [0.3, 0.4) is 0 Å². The molecule has 1 aromatic heterocycles. The summed E-state index contributed by atoms with van der Waals surface area (Å²) in [5, 5.41) is 9.79. The second-order valence-corrected chi connectivity index (χ2v) is 6.38. The molecule has 96 valence electrons. The molecule has 0 radical (unpaired) electrons. The average Bonchev–Trinajstić information content (AvgIpc) is 2.72. The van der Waals surface area contributed by atoms with Gasteiger partial charge < -0.3 is 10.1 Å². The summed E-state index contributed by atoms with van der Waals surface area (Å²) in [7, 11) is 0. The largest absolute Gasteiger partial charge is 0.479 e. The van der Waals surface area contributed by atoms with Gasteiger partial charge in [-0.2, -0.15) is 0 Å². The monoisotopic (exact) mass is 325 g/mol. The van der Waals surface area contributed by atoms with Crippen molar-refractivity contribution >= 4 is 63.3 Å². The van der Waals surface area contributed by atoms with Gasteiger partial charge in [0.25, 0.3) is 4.33 Å². The van der Waals surface area contributed by atoms with Crippen molar-refractivity contribution < 1.29 is 9.90 Å². The van der Waals surface area contributed by atoms with Gasteiger partial charge in [0.1, 0.15) is 0 Å². The predicted molar refractivity (Wildman–Crippen MR) is 73.8 cm³/mol. The Labute approximate surface area is 123 Å². The number of aliphatic carboxylic acids is 1. The Balaban J connectivity index is 2.56. The maximum Gasteiger partial charge on any atom is 0.343 e. The van der Waals surface area contributed by atoms with Gasteiger partial charge >= 0.3 is 5.97 Å². The Hall–Kier alpha value is -0.610. The highest BCUT2D eigenvalue weighted by molar-refractivity contribution is 6.67. The van der Waals surface area contributed by atoms with Crippen molar-refractivity contribution in [3.8, 4) is 0 Å². The zero-order valence-corrected chi connectivity index (χ0v) is 11.8. The molecule has 18 heavy (non-hydrogen) atoms. The molecule has 0 atom stereocenters. The van der Waals surface area contributed by atoms with E-state index in [1.807, 2.05) is 18.2 Å². The van der Waals surface area contributed by atoms with Crippen LogP contribution in [0.5, 0.6) is 0 Å². The van der Waals surface area contributed by atoms with E-state index in [2.05, 4.69) is 4.98 Å². The number of rotatable bonds is 3. The molecule has 2 rings (SSSR count). The first-order valence-corrected chi connectivity index (χ1v) is 6.35. The lowest BCUT2D eigenvalue weighted by Gasteiger charge is -2.28. The first-order chi connectivity index (χ1) is 8.26. The lowest BCUT2D eigenvalue weighted by molar-refractivity contribution is -0.138. The number of alkyl halides is 4. The molecule has 0 saturated heterocycles. The van der Waals surface area contributed by atoms with Crippen LogP contribution in [0.2, 0.25) is 0 Å². The normalized spacial score (nSPS) is 12.9. The highest BCUT2D eigenvalue weighted by atomic mass is 35.5. The summed E-state index contributed by atoms with van der Waals surface area (Å²) in [5.41, 5.74) is 0.979. The molecular weight excluding hydrogens is 320 g/mol. The Morgan fingerprint density at radius 2 is 1.78 bits per heavy atom. The molecule has 0 unspecified atom stereocenters. The van der Waals surface area contributed by atoms with Crippen molar-refractivity contribution in [3.63, 3.8) is 0 Å². The smallest absolute Gasteiger partial charge is 0.343 e. The summed E-state index contributed by atoms with van der Waals surface area (Å²) < 4.78 is -4.36. The molecule has 1 aromatic carbocycles.